The number of fused-ring (bicyclic) bond motifs is 4. The summed E-state index contributed by atoms with van der Waals surface area (Å²) in [5, 5.41) is 5.35. The first kappa shape index (κ1) is 23.1. The predicted octanol–water partition coefficient (Wildman–Crippen LogP) is 6.31. The van der Waals surface area contributed by atoms with Crippen molar-refractivity contribution in [2.75, 3.05) is 18.7 Å². The van der Waals surface area contributed by atoms with Crippen LogP contribution in [0.1, 0.15) is 29.4 Å². The largest absolute Gasteiger partial charge is 0.497 e. The number of aromatic nitrogens is 2. The number of nitrogens with zero attached hydrogens (tertiary/aromatic N) is 2. The first-order valence-electron chi connectivity index (χ1n) is 11.7. The van der Waals surface area contributed by atoms with Crippen molar-refractivity contribution in [1.82, 2.24) is 9.97 Å². The Kier molecular flexibility index (Phi) is 6.55. The number of hydrogen-bond donors (Lipinski definition) is 1. The summed E-state index contributed by atoms with van der Waals surface area (Å²) in [5.41, 5.74) is 5.73. The minimum absolute atomic E-state index is 0.103. The monoisotopic (exact) mass is 481 g/mol. The molecular formula is C29H27N3O2S. The Morgan fingerprint density at radius 2 is 1.89 bits per heavy atom. The zero-order valence-electron chi connectivity index (χ0n) is 20.1. The van der Waals surface area contributed by atoms with Crippen LogP contribution in [0.3, 0.4) is 0 Å². The first-order chi connectivity index (χ1) is 17.1. The number of anilines is 1. The van der Waals surface area contributed by atoms with Gasteiger partial charge in [0.1, 0.15) is 11.4 Å². The third kappa shape index (κ3) is 4.66. The Morgan fingerprint density at radius 3 is 2.66 bits per heavy atom. The highest BCUT2D eigenvalue weighted by molar-refractivity contribution is 8.07. The summed E-state index contributed by atoms with van der Waals surface area (Å²) in [6.07, 6.45) is 5.92. The van der Waals surface area contributed by atoms with E-state index in [9.17, 15) is 4.79 Å². The molecule has 35 heavy (non-hydrogen) atoms. The average Bonchev–Trinajstić information content (AvgIpc) is 2.89. The zero-order chi connectivity index (χ0) is 24.4. The maximum atomic E-state index is 13.1. The molecule has 0 unspecified atom stereocenters. The second-order valence-corrected chi connectivity index (χ2v) is 9.35. The van der Waals surface area contributed by atoms with Crippen LogP contribution >= 0.6 is 11.8 Å². The number of carbonyl (C=O) groups excluding carboxylic acids is 1. The molecule has 6 heteroatoms. The third-order valence-corrected chi connectivity index (χ3v) is 7.19. The number of carbonyl (C=O) groups is 1. The van der Waals surface area contributed by atoms with Crippen molar-refractivity contribution < 1.29 is 9.53 Å². The first-order valence-corrected chi connectivity index (χ1v) is 12.9. The molecule has 1 aliphatic rings. The fourth-order valence-corrected chi connectivity index (χ4v) is 5.14. The number of aryl methyl sites for hydroxylation is 2. The van der Waals surface area contributed by atoms with Crippen LogP contribution < -0.4 is 10.1 Å². The summed E-state index contributed by atoms with van der Waals surface area (Å²) in [6.45, 7) is 1.98. The van der Waals surface area contributed by atoms with E-state index in [0.717, 1.165) is 56.8 Å². The molecule has 0 atom stereocenters. The van der Waals surface area contributed by atoms with Gasteiger partial charge >= 0.3 is 0 Å². The van der Waals surface area contributed by atoms with E-state index in [1.165, 1.54) is 5.56 Å². The Morgan fingerprint density at radius 1 is 1.06 bits per heavy atom. The Labute approximate surface area is 209 Å². The van der Waals surface area contributed by atoms with E-state index in [1.807, 2.05) is 43.5 Å². The number of ether oxygens (including phenoxy) is 1. The Bertz CT molecular complexity index is 1460. The topological polar surface area (TPSA) is 64.1 Å². The van der Waals surface area contributed by atoms with Gasteiger partial charge in [0.15, 0.2) is 5.82 Å². The lowest BCUT2D eigenvalue weighted by Crippen LogP contribution is -2.19. The van der Waals surface area contributed by atoms with Crippen LogP contribution in [0, 0.1) is 0 Å². The van der Waals surface area contributed by atoms with E-state index in [1.54, 1.807) is 18.9 Å². The SMILES string of the molecule is C/C=C(\SC)c1nc2c(nc1NC(=O)Cc1ccc3ccccc3c1)CCc1cc(OC)ccc1-2. The number of methoxy groups -OCH3 is 1. The molecule has 5 rings (SSSR count). The number of thioether (sulfide) groups is 1. The van der Waals surface area contributed by atoms with E-state index >= 15 is 0 Å². The van der Waals surface area contributed by atoms with Crippen LogP contribution in [0.25, 0.3) is 26.9 Å². The number of nitrogens with one attached hydrogen (secondary N) is 1. The van der Waals surface area contributed by atoms with E-state index in [0.29, 0.717) is 11.5 Å². The highest BCUT2D eigenvalue weighted by atomic mass is 32.2. The number of allylic oxidation sites excluding steroid dienone is 1. The standard InChI is InChI=1S/C29H27N3O2S/c1-4-25(35-3)28-29(31-26(33)16-18-9-10-19-7-5-6-8-20(19)15-18)30-24-14-11-21-17-22(34-2)12-13-23(21)27(24)32-28/h4-10,12-13,15,17H,11,14,16H2,1-3H3,(H,30,31,33)/b25-4-. The molecule has 0 radical (unpaired) electrons. The molecule has 0 fully saturated rings. The predicted molar refractivity (Wildman–Crippen MR) is 145 cm³/mol. The lowest BCUT2D eigenvalue weighted by Gasteiger charge is -2.22. The molecule has 0 saturated heterocycles. The summed E-state index contributed by atoms with van der Waals surface area (Å²) in [6, 6.07) is 20.4. The molecule has 4 aromatic rings. The van der Waals surface area contributed by atoms with Crippen molar-refractivity contribution in [3.8, 4) is 17.0 Å². The van der Waals surface area contributed by atoms with Gasteiger partial charge in [-0.3, -0.25) is 4.79 Å². The molecule has 1 heterocycles. The van der Waals surface area contributed by atoms with Crippen LogP contribution in [0.2, 0.25) is 0 Å². The van der Waals surface area contributed by atoms with Gasteiger partial charge in [0.05, 0.1) is 24.9 Å². The van der Waals surface area contributed by atoms with E-state index in [4.69, 9.17) is 14.7 Å². The molecule has 1 aromatic heterocycles. The summed E-state index contributed by atoms with van der Waals surface area (Å²) in [7, 11) is 1.68. The molecule has 0 aliphatic heterocycles. The van der Waals surface area contributed by atoms with Gasteiger partial charge < -0.3 is 10.1 Å². The van der Waals surface area contributed by atoms with Crippen molar-refractivity contribution in [1.29, 1.82) is 0 Å². The van der Waals surface area contributed by atoms with Gasteiger partial charge in [-0.25, -0.2) is 9.97 Å². The second kappa shape index (κ2) is 9.92. The highest BCUT2D eigenvalue weighted by Gasteiger charge is 2.24. The summed E-state index contributed by atoms with van der Waals surface area (Å²) in [4.78, 5) is 24.0. The molecule has 1 aliphatic carbocycles. The molecule has 176 valence electrons. The van der Waals surface area contributed by atoms with Gasteiger partial charge in [-0.1, -0.05) is 48.5 Å². The van der Waals surface area contributed by atoms with Gasteiger partial charge in [0.2, 0.25) is 5.91 Å². The average molecular weight is 482 g/mol. The fraction of sp³-hybridized carbons (Fsp3) is 0.207. The number of amides is 1. The lowest BCUT2D eigenvalue weighted by atomic mass is 9.91. The lowest BCUT2D eigenvalue weighted by molar-refractivity contribution is -0.115. The third-order valence-electron chi connectivity index (χ3n) is 6.32. The Hall–Kier alpha value is -3.64. The maximum Gasteiger partial charge on any atom is 0.230 e. The van der Waals surface area contributed by atoms with Gasteiger partial charge in [-0.15, -0.1) is 11.8 Å². The minimum Gasteiger partial charge on any atom is -0.497 e. The van der Waals surface area contributed by atoms with Crippen molar-refractivity contribution in [2.45, 2.75) is 26.2 Å². The smallest absolute Gasteiger partial charge is 0.230 e. The zero-order valence-corrected chi connectivity index (χ0v) is 20.9. The molecular weight excluding hydrogens is 454 g/mol. The summed E-state index contributed by atoms with van der Waals surface area (Å²) >= 11 is 1.60. The molecule has 1 amide bonds. The van der Waals surface area contributed by atoms with E-state index in [2.05, 4.69) is 41.7 Å². The van der Waals surface area contributed by atoms with Crippen LogP contribution in [0.4, 0.5) is 5.82 Å². The molecule has 5 nitrogen and oxygen atoms in total. The highest BCUT2D eigenvalue weighted by Crippen LogP contribution is 2.37. The molecule has 0 spiro atoms. The fourth-order valence-electron chi connectivity index (χ4n) is 4.57. The molecule has 1 N–H and O–H groups in total. The van der Waals surface area contributed by atoms with Crippen molar-refractivity contribution in [3.63, 3.8) is 0 Å². The van der Waals surface area contributed by atoms with E-state index in [-0.39, 0.29) is 12.3 Å². The van der Waals surface area contributed by atoms with Crippen molar-refractivity contribution in [2.24, 2.45) is 0 Å². The molecule has 3 aromatic carbocycles. The second-order valence-electron chi connectivity index (χ2n) is 8.50. The van der Waals surface area contributed by atoms with Crippen LogP contribution in [-0.2, 0) is 24.1 Å². The number of benzene rings is 3. The van der Waals surface area contributed by atoms with Crippen LogP contribution in [-0.4, -0.2) is 29.2 Å². The van der Waals surface area contributed by atoms with Crippen molar-refractivity contribution >= 4 is 39.2 Å². The number of hydrogen-bond acceptors (Lipinski definition) is 5. The van der Waals surface area contributed by atoms with Crippen LogP contribution in [0.5, 0.6) is 5.75 Å². The van der Waals surface area contributed by atoms with Gasteiger partial charge in [-0.2, -0.15) is 0 Å². The maximum absolute atomic E-state index is 13.1. The normalized spacial score (nSPS) is 12.7. The summed E-state index contributed by atoms with van der Waals surface area (Å²) < 4.78 is 5.40. The van der Waals surface area contributed by atoms with Gasteiger partial charge in [-0.05, 0) is 66.1 Å². The molecule has 0 bridgehead atoms. The summed E-state index contributed by atoms with van der Waals surface area (Å²) in [5.74, 6) is 1.26. The van der Waals surface area contributed by atoms with E-state index < -0.39 is 0 Å². The number of rotatable bonds is 6. The minimum atomic E-state index is -0.103. The molecule has 0 saturated carbocycles. The van der Waals surface area contributed by atoms with Crippen molar-refractivity contribution in [3.05, 3.63) is 89.3 Å². The Balaban J connectivity index is 1.48. The van der Waals surface area contributed by atoms with Gasteiger partial charge in [0, 0.05) is 10.5 Å². The van der Waals surface area contributed by atoms with Gasteiger partial charge in [0.25, 0.3) is 0 Å². The van der Waals surface area contributed by atoms with Crippen LogP contribution in [0.15, 0.2) is 66.7 Å². The quantitative estimate of drug-likeness (QED) is 0.350.